The van der Waals surface area contributed by atoms with Crippen LogP contribution in [0.1, 0.15) is 60.8 Å². The Hall–Kier alpha value is -0.160. The molecule has 21 heavy (non-hydrogen) atoms. The third-order valence-corrected chi connectivity index (χ3v) is 3.34. The molecule has 0 amide bonds. The Morgan fingerprint density at radius 3 is 1.95 bits per heavy atom. The molecule has 126 valence electrons. The highest BCUT2D eigenvalue weighted by Crippen LogP contribution is 2.26. The van der Waals surface area contributed by atoms with Gasteiger partial charge in [-0.1, -0.05) is 0 Å². The largest absolute Gasteiger partial charge is 0.378 e. The van der Waals surface area contributed by atoms with Crippen LogP contribution in [0.4, 0.5) is 0 Å². The minimum atomic E-state index is -0.0451. The summed E-state index contributed by atoms with van der Waals surface area (Å²) in [5, 5.41) is 3.43. The van der Waals surface area contributed by atoms with E-state index in [1.165, 1.54) is 0 Å². The zero-order chi connectivity index (χ0) is 15.9. The van der Waals surface area contributed by atoms with Gasteiger partial charge in [0.2, 0.25) is 0 Å². The molecule has 0 aliphatic heterocycles. The summed E-state index contributed by atoms with van der Waals surface area (Å²) in [6, 6.07) is 0. The third-order valence-electron chi connectivity index (χ3n) is 3.34. The molecule has 0 aromatic rings. The van der Waals surface area contributed by atoms with Gasteiger partial charge in [-0.05, 0) is 60.8 Å². The summed E-state index contributed by atoms with van der Waals surface area (Å²) >= 11 is 0. The van der Waals surface area contributed by atoms with Crippen molar-refractivity contribution in [3.05, 3.63) is 0 Å². The molecule has 1 rings (SSSR count). The van der Waals surface area contributed by atoms with Gasteiger partial charge >= 0.3 is 0 Å². The molecule has 1 aliphatic carbocycles. The van der Waals surface area contributed by atoms with Crippen LogP contribution < -0.4 is 5.32 Å². The van der Waals surface area contributed by atoms with Crippen molar-refractivity contribution in [3.8, 4) is 0 Å². The fraction of sp³-hybridized carbons (Fsp3) is 1.00. The monoisotopic (exact) mass is 301 g/mol. The maximum atomic E-state index is 5.81. The van der Waals surface area contributed by atoms with E-state index in [1.807, 2.05) is 0 Å². The third kappa shape index (κ3) is 10.2. The van der Waals surface area contributed by atoms with Gasteiger partial charge in [0, 0.05) is 25.3 Å². The van der Waals surface area contributed by atoms with E-state index in [4.69, 9.17) is 14.2 Å². The Kier molecular flexibility index (Phi) is 7.62. The van der Waals surface area contributed by atoms with Gasteiger partial charge < -0.3 is 19.5 Å². The highest BCUT2D eigenvalue weighted by atomic mass is 16.5. The van der Waals surface area contributed by atoms with Gasteiger partial charge in [-0.2, -0.15) is 0 Å². The van der Waals surface area contributed by atoms with Crippen LogP contribution in [0.25, 0.3) is 0 Å². The lowest BCUT2D eigenvalue weighted by atomic mass is 9.92. The van der Waals surface area contributed by atoms with Crippen molar-refractivity contribution in [1.29, 1.82) is 0 Å². The Balaban J connectivity index is 1.88. The second kappa shape index (κ2) is 8.47. The van der Waals surface area contributed by atoms with E-state index in [1.54, 1.807) is 0 Å². The minimum absolute atomic E-state index is 0.0451. The number of rotatable bonds is 9. The number of nitrogens with one attached hydrogen (secondary N) is 1. The van der Waals surface area contributed by atoms with Crippen LogP contribution in [0.15, 0.2) is 0 Å². The fourth-order valence-corrected chi connectivity index (χ4v) is 2.13. The summed E-state index contributed by atoms with van der Waals surface area (Å²) in [4.78, 5) is 0. The van der Waals surface area contributed by atoms with Crippen LogP contribution in [0.2, 0.25) is 0 Å². The van der Waals surface area contributed by atoms with Gasteiger partial charge in [0.05, 0.1) is 24.4 Å². The molecule has 0 spiro atoms. The van der Waals surface area contributed by atoms with Crippen molar-refractivity contribution in [1.82, 2.24) is 5.32 Å². The van der Waals surface area contributed by atoms with E-state index in [9.17, 15) is 0 Å². The van der Waals surface area contributed by atoms with E-state index < -0.39 is 0 Å². The first-order valence-electron chi connectivity index (χ1n) is 8.28. The first-order valence-corrected chi connectivity index (χ1v) is 8.28. The fourth-order valence-electron chi connectivity index (χ4n) is 2.13. The molecule has 1 fully saturated rings. The Bertz CT molecular complexity index is 275. The summed E-state index contributed by atoms with van der Waals surface area (Å²) in [7, 11) is 0. The predicted molar refractivity (Wildman–Crippen MR) is 86.8 cm³/mol. The maximum Gasteiger partial charge on any atom is 0.0625 e. The van der Waals surface area contributed by atoms with Gasteiger partial charge in [0.25, 0.3) is 0 Å². The molecule has 0 atom stereocenters. The molecule has 0 bridgehead atoms. The zero-order valence-corrected chi connectivity index (χ0v) is 14.8. The van der Waals surface area contributed by atoms with Crippen LogP contribution >= 0.6 is 0 Å². The van der Waals surface area contributed by atoms with Crippen molar-refractivity contribution in [2.45, 2.75) is 84.2 Å². The number of hydrogen-bond donors (Lipinski definition) is 1. The highest BCUT2D eigenvalue weighted by Gasteiger charge is 2.30. The normalized spacial score (nSPS) is 23.1. The SMILES string of the molecule is CC(C)(C)NCCOC1CC(OCCCOC(C)(C)C)C1. The molecule has 0 heterocycles. The Labute approximate surface area is 130 Å². The Morgan fingerprint density at radius 2 is 1.43 bits per heavy atom. The molecule has 0 aromatic carbocycles. The summed E-state index contributed by atoms with van der Waals surface area (Å²) in [6.45, 7) is 16.0. The standard InChI is InChI=1S/C17H35NO3/c1-16(2,3)18-8-11-20-15-12-14(13-15)19-9-7-10-21-17(4,5)6/h14-15,18H,7-13H2,1-6H3. The molecule has 1 N–H and O–H groups in total. The Morgan fingerprint density at radius 1 is 0.857 bits per heavy atom. The van der Waals surface area contributed by atoms with Crippen molar-refractivity contribution in [2.75, 3.05) is 26.4 Å². The summed E-state index contributed by atoms with van der Waals surface area (Å²) in [6.07, 6.45) is 3.82. The van der Waals surface area contributed by atoms with E-state index in [0.29, 0.717) is 12.2 Å². The second-order valence-corrected chi connectivity index (χ2v) is 7.95. The number of ether oxygens (including phenoxy) is 3. The molecule has 0 radical (unpaired) electrons. The van der Waals surface area contributed by atoms with Gasteiger partial charge in [-0.3, -0.25) is 0 Å². The zero-order valence-electron chi connectivity index (χ0n) is 14.8. The molecular weight excluding hydrogens is 266 g/mol. The summed E-state index contributed by atoms with van der Waals surface area (Å²) in [5.41, 5.74) is 0.125. The van der Waals surface area contributed by atoms with Gasteiger partial charge in [0.15, 0.2) is 0 Å². The number of hydrogen-bond acceptors (Lipinski definition) is 4. The summed E-state index contributed by atoms with van der Waals surface area (Å²) < 4.78 is 17.3. The van der Waals surface area contributed by atoms with E-state index >= 15 is 0 Å². The molecular formula is C17H35NO3. The van der Waals surface area contributed by atoms with Crippen LogP contribution in [0, 0.1) is 0 Å². The minimum Gasteiger partial charge on any atom is -0.378 e. The second-order valence-electron chi connectivity index (χ2n) is 7.95. The van der Waals surface area contributed by atoms with E-state index in [-0.39, 0.29) is 11.1 Å². The first-order chi connectivity index (χ1) is 9.66. The maximum absolute atomic E-state index is 5.81. The van der Waals surface area contributed by atoms with E-state index in [2.05, 4.69) is 46.9 Å². The highest BCUT2D eigenvalue weighted by molar-refractivity contribution is 4.81. The molecule has 4 nitrogen and oxygen atoms in total. The van der Waals surface area contributed by atoms with Crippen molar-refractivity contribution < 1.29 is 14.2 Å². The lowest BCUT2D eigenvalue weighted by molar-refractivity contribution is -0.105. The van der Waals surface area contributed by atoms with Gasteiger partial charge in [-0.25, -0.2) is 0 Å². The molecule has 0 unspecified atom stereocenters. The molecule has 0 aromatic heterocycles. The van der Waals surface area contributed by atoms with Crippen molar-refractivity contribution >= 4 is 0 Å². The van der Waals surface area contributed by atoms with Crippen molar-refractivity contribution in [2.24, 2.45) is 0 Å². The van der Waals surface area contributed by atoms with Crippen LogP contribution in [0.3, 0.4) is 0 Å². The van der Waals surface area contributed by atoms with Crippen LogP contribution in [-0.4, -0.2) is 49.7 Å². The molecule has 1 saturated carbocycles. The lowest BCUT2D eigenvalue weighted by Crippen LogP contribution is -2.41. The van der Waals surface area contributed by atoms with Crippen LogP contribution in [0.5, 0.6) is 0 Å². The average Bonchev–Trinajstić information content (AvgIpc) is 2.25. The van der Waals surface area contributed by atoms with E-state index in [0.717, 1.165) is 45.6 Å². The topological polar surface area (TPSA) is 39.7 Å². The first kappa shape index (κ1) is 18.9. The smallest absolute Gasteiger partial charge is 0.0625 e. The molecule has 4 heteroatoms. The predicted octanol–water partition coefficient (Wildman–Crippen LogP) is 3.14. The molecule has 0 saturated heterocycles. The lowest BCUT2D eigenvalue weighted by Gasteiger charge is -2.35. The van der Waals surface area contributed by atoms with Gasteiger partial charge in [-0.15, -0.1) is 0 Å². The van der Waals surface area contributed by atoms with Crippen molar-refractivity contribution in [3.63, 3.8) is 0 Å². The summed E-state index contributed by atoms with van der Waals surface area (Å²) in [5.74, 6) is 0. The van der Waals surface area contributed by atoms with Crippen LogP contribution in [-0.2, 0) is 14.2 Å². The quantitative estimate of drug-likeness (QED) is 0.664. The van der Waals surface area contributed by atoms with Gasteiger partial charge in [0.1, 0.15) is 0 Å². The molecule has 1 aliphatic rings. The average molecular weight is 301 g/mol.